The average Bonchev–Trinajstić information content (AvgIpc) is 3.68. The van der Waals surface area contributed by atoms with Gasteiger partial charge < -0.3 is 10.0 Å². The largest absolute Gasteiger partial charge is 0.395 e. The van der Waals surface area contributed by atoms with Crippen molar-refractivity contribution in [2.45, 2.75) is 55.8 Å². The SMILES string of the molecule is OCCN1CCCN(c2nc3nc(n2)C2(CCC4(CC4)c4ccc-3cc4)CC2)CC1. The van der Waals surface area contributed by atoms with E-state index in [-0.39, 0.29) is 12.0 Å². The Balaban J connectivity index is 1.38. The molecule has 1 N–H and O–H groups in total. The predicted octanol–water partition coefficient (Wildman–Crippen LogP) is 2.90. The molecule has 1 aromatic heterocycles. The molecular formula is C24H31N5O. The maximum Gasteiger partial charge on any atom is 0.229 e. The number of nitrogens with zero attached hydrogens (tertiary/aromatic N) is 5. The number of aliphatic hydroxyl groups excluding tert-OH is 1. The van der Waals surface area contributed by atoms with E-state index in [1.54, 1.807) is 0 Å². The van der Waals surface area contributed by atoms with Gasteiger partial charge in [0.1, 0.15) is 5.82 Å². The fraction of sp³-hybridized carbons (Fsp3) is 0.625. The summed E-state index contributed by atoms with van der Waals surface area (Å²) in [7, 11) is 0. The third-order valence-electron chi connectivity index (χ3n) is 7.93. The number of anilines is 1. The molecule has 1 aromatic carbocycles. The molecule has 4 heterocycles. The Morgan fingerprint density at radius 3 is 2.27 bits per heavy atom. The Hall–Kier alpha value is -2.05. The summed E-state index contributed by atoms with van der Waals surface area (Å²) in [6.07, 6.45) is 8.58. The van der Waals surface area contributed by atoms with Crippen LogP contribution in [0.5, 0.6) is 0 Å². The van der Waals surface area contributed by atoms with Crippen LogP contribution in [-0.4, -0.2) is 64.3 Å². The first-order valence-corrected chi connectivity index (χ1v) is 11.7. The van der Waals surface area contributed by atoms with Gasteiger partial charge in [-0.05, 0) is 62.5 Å². The Morgan fingerprint density at radius 2 is 1.53 bits per heavy atom. The summed E-state index contributed by atoms with van der Waals surface area (Å²) in [5.41, 5.74) is 3.18. The van der Waals surface area contributed by atoms with Gasteiger partial charge in [0.05, 0.1) is 6.61 Å². The molecule has 30 heavy (non-hydrogen) atoms. The third kappa shape index (κ3) is 3.21. The smallest absolute Gasteiger partial charge is 0.229 e. The number of hydrogen-bond acceptors (Lipinski definition) is 6. The van der Waals surface area contributed by atoms with E-state index in [0.29, 0.717) is 5.41 Å². The molecule has 6 nitrogen and oxygen atoms in total. The van der Waals surface area contributed by atoms with E-state index in [2.05, 4.69) is 34.1 Å². The summed E-state index contributed by atoms with van der Waals surface area (Å²) >= 11 is 0. The minimum atomic E-state index is 0.168. The van der Waals surface area contributed by atoms with Crippen LogP contribution in [-0.2, 0) is 10.8 Å². The number of aromatic nitrogens is 3. The molecule has 158 valence electrons. The Bertz CT molecular complexity index is 935. The summed E-state index contributed by atoms with van der Waals surface area (Å²) < 4.78 is 0. The lowest BCUT2D eigenvalue weighted by Gasteiger charge is -2.24. The zero-order valence-corrected chi connectivity index (χ0v) is 17.7. The minimum absolute atomic E-state index is 0.168. The lowest BCUT2D eigenvalue weighted by atomic mass is 9.86. The van der Waals surface area contributed by atoms with Crippen molar-refractivity contribution in [1.29, 1.82) is 0 Å². The number of hydrogen-bond donors (Lipinski definition) is 1. The van der Waals surface area contributed by atoms with Crippen LogP contribution in [0, 0.1) is 0 Å². The van der Waals surface area contributed by atoms with Crippen LogP contribution >= 0.6 is 0 Å². The van der Waals surface area contributed by atoms with Crippen molar-refractivity contribution in [3.05, 3.63) is 35.7 Å². The van der Waals surface area contributed by atoms with Gasteiger partial charge in [0.2, 0.25) is 5.95 Å². The maximum absolute atomic E-state index is 9.30. The molecule has 3 fully saturated rings. The number of aliphatic hydroxyl groups is 1. The lowest BCUT2D eigenvalue weighted by Crippen LogP contribution is -2.33. The Morgan fingerprint density at radius 1 is 0.800 bits per heavy atom. The highest BCUT2D eigenvalue weighted by Crippen LogP contribution is 2.58. The van der Waals surface area contributed by atoms with E-state index in [1.807, 2.05) is 0 Å². The van der Waals surface area contributed by atoms with Crippen LogP contribution in [0.1, 0.15) is 56.3 Å². The molecule has 2 saturated carbocycles. The molecule has 5 aliphatic rings. The third-order valence-corrected chi connectivity index (χ3v) is 7.93. The standard InChI is InChI=1S/C24H31N5O/c30-17-16-28-12-1-13-29(15-14-28)22-26-20-18-2-4-19(5-3-18)23(6-7-23)8-9-24(10-11-24)21(25-20)27-22/h2-5,30H,1,6-17H2. The fourth-order valence-electron chi connectivity index (χ4n) is 5.43. The molecule has 2 spiro atoms. The van der Waals surface area contributed by atoms with Gasteiger partial charge in [-0.3, -0.25) is 4.90 Å². The number of rotatable bonds is 3. The van der Waals surface area contributed by atoms with Crippen LogP contribution in [0.25, 0.3) is 11.4 Å². The van der Waals surface area contributed by atoms with E-state index in [4.69, 9.17) is 15.0 Å². The molecule has 3 aliphatic heterocycles. The van der Waals surface area contributed by atoms with E-state index in [0.717, 1.165) is 62.3 Å². The van der Waals surface area contributed by atoms with Crippen molar-refractivity contribution in [3.63, 3.8) is 0 Å². The van der Waals surface area contributed by atoms with Gasteiger partial charge in [-0.1, -0.05) is 24.3 Å². The highest BCUT2D eigenvalue weighted by Gasteiger charge is 2.52. The Labute approximate surface area is 178 Å². The molecule has 1 saturated heterocycles. The fourth-order valence-corrected chi connectivity index (χ4v) is 5.43. The van der Waals surface area contributed by atoms with Crippen LogP contribution < -0.4 is 4.90 Å². The topological polar surface area (TPSA) is 65.4 Å². The van der Waals surface area contributed by atoms with Crippen molar-refractivity contribution < 1.29 is 5.11 Å². The van der Waals surface area contributed by atoms with Gasteiger partial charge in [-0.25, -0.2) is 4.98 Å². The van der Waals surface area contributed by atoms with Crippen LogP contribution in [0.3, 0.4) is 0 Å². The van der Waals surface area contributed by atoms with E-state index < -0.39 is 0 Å². The molecule has 4 bridgehead atoms. The van der Waals surface area contributed by atoms with Crippen molar-refractivity contribution in [1.82, 2.24) is 19.9 Å². The molecular weight excluding hydrogens is 374 g/mol. The average molecular weight is 406 g/mol. The zero-order valence-electron chi connectivity index (χ0n) is 17.7. The molecule has 0 unspecified atom stereocenters. The summed E-state index contributed by atoms with van der Waals surface area (Å²) in [6.45, 7) is 4.80. The second-order valence-corrected chi connectivity index (χ2v) is 9.83. The van der Waals surface area contributed by atoms with E-state index in [1.165, 1.54) is 44.1 Å². The second kappa shape index (κ2) is 6.99. The molecule has 0 radical (unpaired) electrons. The highest BCUT2D eigenvalue weighted by atomic mass is 16.3. The summed E-state index contributed by atoms with van der Waals surface area (Å²) in [4.78, 5) is 19.7. The van der Waals surface area contributed by atoms with E-state index in [9.17, 15) is 5.11 Å². The van der Waals surface area contributed by atoms with Crippen LogP contribution in [0.4, 0.5) is 5.95 Å². The van der Waals surface area contributed by atoms with E-state index >= 15 is 0 Å². The van der Waals surface area contributed by atoms with Gasteiger partial charge in [0, 0.05) is 37.2 Å². The van der Waals surface area contributed by atoms with Crippen molar-refractivity contribution in [2.75, 3.05) is 44.2 Å². The number of β-amino-alcohol motifs (C(OH)–C–C–N with tert-alkyl or cyclic N) is 1. The van der Waals surface area contributed by atoms with Gasteiger partial charge in [0.25, 0.3) is 0 Å². The van der Waals surface area contributed by atoms with Crippen LogP contribution in [0.15, 0.2) is 24.3 Å². The van der Waals surface area contributed by atoms with Crippen molar-refractivity contribution in [3.8, 4) is 11.4 Å². The molecule has 2 aromatic rings. The first kappa shape index (κ1) is 18.7. The normalized spacial score (nSPS) is 24.0. The van der Waals surface area contributed by atoms with Gasteiger partial charge >= 0.3 is 0 Å². The highest BCUT2D eigenvalue weighted by molar-refractivity contribution is 5.58. The first-order valence-electron chi connectivity index (χ1n) is 11.7. The molecule has 2 aliphatic carbocycles. The molecule has 0 atom stereocenters. The van der Waals surface area contributed by atoms with Crippen LogP contribution in [0.2, 0.25) is 0 Å². The molecule has 7 rings (SSSR count). The monoisotopic (exact) mass is 405 g/mol. The molecule has 6 heteroatoms. The summed E-state index contributed by atoms with van der Waals surface area (Å²) in [5, 5.41) is 9.30. The van der Waals surface area contributed by atoms with Crippen molar-refractivity contribution in [2.24, 2.45) is 0 Å². The minimum Gasteiger partial charge on any atom is -0.395 e. The quantitative estimate of drug-likeness (QED) is 0.847. The van der Waals surface area contributed by atoms with Gasteiger partial charge in [0.15, 0.2) is 5.82 Å². The number of fused-ring (bicyclic) bond motifs is 3. The molecule has 0 amide bonds. The summed E-state index contributed by atoms with van der Waals surface area (Å²) in [6, 6.07) is 9.06. The number of benzene rings is 1. The Kier molecular flexibility index (Phi) is 4.36. The maximum atomic E-state index is 9.30. The van der Waals surface area contributed by atoms with Gasteiger partial charge in [-0.15, -0.1) is 0 Å². The second-order valence-electron chi connectivity index (χ2n) is 9.83. The van der Waals surface area contributed by atoms with Crippen molar-refractivity contribution >= 4 is 5.95 Å². The lowest BCUT2D eigenvalue weighted by molar-refractivity contribution is 0.204. The van der Waals surface area contributed by atoms with Gasteiger partial charge in [-0.2, -0.15) is 9.97 Å². The summed E-state index contributed by atoms with van der Waals surface area (Å²) in [5.74, 6) is 2.70. The predicted molar refractivity (Wildman–Crippen MR) is 117 cm³/mol. The first-order chi connectivity index (χ1) is 14.7. The zero-order chi connectivity index (χ0) is 20.2.